The third kappa shape index (κ3) is 2.92. The summed E-state index contributed by atoms with van der Waals surface area (Å²) < 4.78 is 5.69. The Morgan fingerprint density at radius 3 is 2.74 bits per heavy atom. The third-order valence-corrected chi connectivity index (χ3v) is 6.90. The summed E-state index contributed by atoms with van der Waals surface area (Å²) in [6, 6.07) is 12.5. The first-order chi connectivity index (χ1) is 13.2. The molecule has 1 aromatic heterocycles. The van der Waals surface area contributed by atoms with Gasteiger partial charge in [-0.05, 0) is 35.4 Å². The molecular formula is C21H22N2O3S. The van der Waals surface area contributed by atoms with Gasteiger partial charge >= 0.3 is 6.09 Å². The van der Waals surface area contributed by atoms with Gasteiger partial charge in [0.15, 0.2) is 0 Å². The zero-order valence-electron chi connectivity index (χ0n) is 15.0. The highest BCUT2D eigenvalue weighted by atomic mass is 32.1. The minimum atomic E-state index is -0.192. The molecule has 2 aliphatic heterocycles. The SMILES string of the molecule is O=C(Cc1cccs1)N1CCC(N2C(=O)O[C@@H]3Cc4ccccc4[C@@H]32)CC1. The molecule has 2 amide bonds. The number of nitrogens with zero attached hydrogens (tertiary/aromatic N) is 2. The highest BCUT2D eigenvalue weighted by Crippen LogP contribution is 2.44. The summed E-state index contributed by atoms with van der Waals surface area (Å²) in [5.74, 6) is 0.184. The monoisotopic (exact) mass is 382 g/mol. The smallest absolute Gasteiger partial charge is 0.411 e. The van der Waals surface area contributed by atoms with Crippen molar-refractivity contribution in [3.8, 4) is 0 Å². The van der Waals surface area contributed by atoms with E-state index in [-0.39, 0.29) is 30.2 Å². The van der Waals surface area contributed by atoms with Crippen LogP contribution >= 0.6 is 11.3 Å². The van der Waals surface area contributed by atoms with Crippen LogP contribution in [0.2, 0.25) is 0 Å². The molecule has 6 heteroatoms. The van der Waals surface area contributed by atoms with Crippen LogP contribution in [0, 0.1) is 0 Å². The maximum atomic E-state index is 12.5. The Kier molecular flexibility index (Phi) is 4.16. The molecule has 0 saturated carbocycles. The molecule has 0 radical (unpaired) electrons. The maximum Gasteiger partial charge on any atom is 0.411 e. The summed E-state index contributed by atoms with van der Waals surface area (Å²) in [6.45, 7) is 1.41. The number of thiophene rings is 1. The highest BCUT2D eigenvalue weighted by molar-refractivity contribution is 7.10. The lowest BCUT2D eigenvalue weighted by atomic mass is 9.99. The van der Waals surface area contributed by atoms with Gasteiger partial charge in [-0.25, -0.2) is 4.79 Å². The van der Waals surface area contributed by atoms with Crippen molar-refractivity contribution in [3.05, 3.63) is 57.8 Å². The van der Waals surface area contributed by atoms with Crippen LogP contribution in [0.25, 0.3) is 0 Å². The fourth-order valence-electron chi connectivity index (χ4n) is 4.72. The van der Waals surface area contributed by atoms with Crippen molar-refractivity contribution in [2.24, 2.45) is 0 Å². The molecule has 0 N–H and O–H groups in total. The number of carbonyl (C=O) groups excluding carboxylic acids is 2. The molecule has 2 aromatic rings. The second-order valence-corrected chi connectivity index (χ2v) is 8.58. The van der Waals surface area contributed by atoms with Gasteiger partial charge < -0.3 is 9.64 Å². The number of amides is 2. The predicted molar refractivity (Wildman–Crippen MR) is 103 cm³/mol. The zero-order valence-corrected chi connectivity index (χ0v) is 15.9. The average molecular weight is 382 g/mol. The number of hydrogen-bond donors (Lipinski definition) is 0. The van der Waals surface area contributed by atoms with Crippen LogP contribution < -0.4 is 0 Å². The summed E-state index contributed by atoms with van der Waals surface area (Å²) in [4.78, 5) is 30.1. The van der Waals surface area contributed by atoms with Crippen LogP contribution in [0.4, 0.5) is 4.79 Å². The molecule has 5 nitrogen and oxygen atoms in total. The molecule has 3 heterocycles. The number of carbonyl (C=O) groups is 2. The van der Waals surface area contributed by atoms with Crippen molar-refractivity contribution in [2.45, 2.75) is 43.9 Å². The first-order valence-electron chi connectivity index (χ1n) is 9.57. The first-order valence-corrected chi connectivity index (χ1v) is 10.5. The van der Waals surface area contributed by atoms with Crippen molar-refractivity contribution >= 4 is 23.3 Å². The van der Waals surface area contributed by atoms with Crippen molar-refractivity contribution in [1.29, 1.82) is 0 Å². The molecule has 2 fully saturated rings. The lowest BCUT2D eigenvalue weighted by Gasteiger charge is -2.38. The van der Waals surface area contributed by atoms with Crippen molar-refractivity contribution in [1.82, 2.24) is 9.80 Å². The van der Waals surface area contributed by atoms with Gasteiger partial charge in [-0.15, -0.1) is 11.3 Å². The van der Waals surface area contributed by atoms with E-state index in [0.29, 0.717) is 19.5 Å². The summed E-state index contributed by atoms with van der Waals surface area (Å²) in [5, 5.41) is 2.00. The van der Waals surface area contributed by atoms with E-state index in [1.165, 1.54) is 11.1 Å². The van der Waals surface area contributed by atoms with Gasteiger partial charge in [-0.2, -0.15) is 0 Å². The molecule has 0 unspecified atom stereocenters. The van der Waals surface area contributed by atoms with Crippen LogP contribution in [0.5, 0.6) is 0 Å². The zero-order chi connectivity index (χ0) is 18.4. The summed E-state index contributed by atoms with van der Waals surface area (Å²) in [6.07, 6.45) is 2.66. The van der Waals surface area contributed by atoms with Crippen molar-refractivity contribution in [3.63, 3.8) is 0 Å². The van der Waals surface area contributed by atoms with E-state index in [0.717, 1.165) is 24.1 Å². The van der Waals surface area contributed by atoms with E-state index in [2.05, 4.69) is 12.1 Å². The number of rotatable bonds is 3. The summed E-state index contributed by atoms with van der Waals surface area (Å²) >= 11 is 1.62. The van der Waals surface area contributed by atoms with Crippen LogP contribution in [0.3, 0.4) is 0 Å². The van der Waals surface area contributed by atoms with Gasteiger partial charge in [0, 0.05) is 30.4 Å². The van der Waals surface area contributed by atoms with Gasteiger partial charge in [0.25, 0.3) is 0 Å². The van der Waals surface area contributed by atoms with Gasteiger partial charge in [0.05, 0.1) is 12.5 Å². The number of fused-ring (bicyclic) bond motifs is 3. The Balaban J connectivity index is 1.27. The van der Waals surface area contributed by atoms with E-state index in [4.69, 9.17) is 4.74 Å². The van der Waals surface area contributed by atoms with E-state index in [9.17, 15) is 9.59 Å². The first kappa shape index (κ1) is 16.8. The second-order valence-electron chi connectivity index (χ2n) is 7.55. The number of hydrogen-bond acceptors (Lipinski definition) is 4. The Bertz CT molecular complexity index is 858. The van der Waals surface area contributed by atoms with E-state index >= 15 is 0 Å². The third-order valence-electron chi connectivity index (χ3n) is 6.03. The van der Waals surface area contributed by atoms with Crippen LogP contribution in [-0.2, 0) is 22.4 Å². The van der Waals surface area contributed by atoms with Crippen LogP contribution in [0.1, 0.15) is 34.9 Å². The molecule has 0 spiro atoms. The predicted octanol–water partition coefficient (Wildman–Crippen LogP) is 3.40. The Morgan fingerprint density at radius 1 is 1.15 bits per heavy atom. The molecule has 1 aliphatic carbocycles. The van der Waals surface area contributed by atoms with Gasteiger partial charge in [0.2, 0.25) is 5.91 Å². The number of ether oxygens (including phenoxy) is 1. The van der Waals surface area contributed by atoms with E-state index < -0.39 is 0 Å². The van der Waals surface area contributed by atoms with Gasteiger partial charge in [-0.1, -0.05) is 30.3 Å². The maximum absolute atomic E-state index is 12.5. The summed E-state index contributed by atoms with van der Waals surface area (Å²) in [7, 11) is 0. The normalized spacial score (nSPS) is 24.7. The molecule has 0 bridgehead atoms. The number of benzene rings is 1. The Morgan fingerprint density at radius 2 is 1.96 bits per heavy atom. The summed E-state index contributed by atoms with van der Waals surface area (Å²) in [5.41, 5.74) is 2.51. The van der Waals surface area contributed by atoms with Crippen molar-refractivity contribution in [2.75, 3.05) is 13.1 Å². The fourth-order valence-corrected chi connectivity index (χ4v) is 5.42. The molecule has 27 heavy (non-hydrogen) atoms. The minimum Gasteiger partial charge on any atom is -0.443 e. The second kappa shape index (κ2) is 6.68. The van der Waals surface area contributed by atoms with E-state index in [1.54, 1.807) is 11.3 Å². The number of piperidine rings is 1. The highest BCUT2D eigenvalue weighted by Gasteiger charge is 2.50. The molecule has 2 atom stereocenters. The van der Waals surface area contributed by atoms with Crippen LogP contribution in [-0.4, -0.2) is 47.0 Å². The standard InChI is InChI=1S/C21H22N2O3S/c24-19(13-16-5-3-11-27-16)22-9-7-15(8-10-22)23-20-17-6-2-1-4-14(17)12-18(20)26-21(23)25/h1-6,11,15,18,20H,7-10,12-13H2/t18-,20+/m1/s1. The van der Waals surface area contributed by atoms with Gasteiger partial charge in [0.1, 0.15) is 6.10 Å². The minimum absolute atomic E-state index is 0.0343. The largest absolute Gasteiger partial charge is 0.443 e. The molecule has 3 aliphatic rings. The fraction of sp³-hybridized carbons (Fsp3) is 0.429. The molecule has 1 aromatic carbocycles. The average Bonchev–Trinajstić information content (AvgIpc) is 3.37. The lowest BCUT2D eigenvalue weighted by molar-refractivity contribution is -0.131. The molecule has 140 valence electrons. The Hall–Kier alpha value is -2.34. The van der Waals surface area contributed by atoms with Gasteiger partial charge in [-0.3, -0.25) is 9.69 Å². The van der Waals surface area contributed by atoms with Crippen LogP contribution in [0.15, 0.2) is 41.8 Å². The number of likely N-dealkylation sites (tertiary alicyclic amines) is 1. The van der Waals surface area contributed by atoms with Crippen molar-refractivity contribution < 1.29 is 14.3 Å². The quantitative estimate of drug-likeness (QED) is 0.818. The topological polar surface area (TPSA) is 49.9 Å². The lowest BCUT2D eigenvalue weighted by Crippen LogP contribution is -2.48. The molecule has 2 saturated heterocycles. The molecular weight excluding hydrogens is 360 g/mol. The Labute approximate surface area is 162 Å². The molecule has 5 rings (SSSR count). The van der Waals surface area contributed by atoms with E-state index in [1.807, 2.05) is 39.4 Å².